The number of rotatable bonds is 11. The zero-order valence-corrected chi connectivity index (χ0v) is 21.7. The van der Waals surface area contributed by atoms with Crippen molar-refractivity contribution in [3.8, 4) is 5.75 Å². The van der Waals surface area contributed by atoms with Crippen molar-refractivity contribution in [3.05, 3.63) is 99.8 Å². The van der Waals surface area contributed by atoms with Crippen molar-refractivity contribution in [2.75, 3.05) is 6.61 Å². The summed E-state index contributed by atoms with van der Waals surface area (Å²) in [5.74, 6) is -1.36. The second-order valence-electron chi connectivity index (χ2n) is 8.51. The second-order valence-corrected chi connectivity index (χ2v) is 9.33. The summed E-state index contributed by atoms with van der Waals surface area (Å²) in [6.45, 7) is 3.52. The first-order chi connectivity index (χ1) is 17.3. The third-order valence-corrected chi connectivity index (χ3v) is 6.54. The number of halogens is 3. The minimum absolute atomic E-state index is 0.0380. The number of nitrogens with one attached hydrogen (secondary N) is 1. The Hall–Kier alpha value is -3.09. The lowest BCUT2D eigenvalue weighted by Gasteiger charge is -2.32. The molecule has 1 N–H and O–H groups in total. The quantitative estimate of drug-likeness (QED) is 0.327. The largest absolute Gasteiger partial charge is 0.481 e. The fraction of sp³-hybridized carbons (Fsp3) is 0.286. The van der Waals surface area contributed by atoms with Gasteiger partial charge in [-0.05, 0) is 48.7 Å². The molecule has 0 fully saturated rings. The molecule has 0 saturated carbocycles. The third kappa shape index (κ3) is 7.70. The van der Waals surface area contributed by atoms with E-state index in [0.29, 0.717) is 15.6 Å². The average molecular weight is 531 g/mol. The molecule has 0 aromatic heterocycles. The Morgan fingerprint density at radius 3 is 2.33 bits per heavy atom. The number of carbonyl (C=O) groups is 2. The fourth-order valence-corrected chi connectivity index (χ4v) is 3.93. The summed E-state index contributed by atoms with van der Waals surface area (Å²) in [6.07, 6.45) is 1.02. The van der Waals surface area contributed by atoms with Crippen molar-refractivity contribution in [2.45, 2.75) is 45.3 Å². The van der Waals surface area contributed by atoms with E-state index in [2.05, 4.69) is 5.32 Å². The van der Waals surface area contributed by atoms with E-state index in [1.807, 2.05) is 44.2 Å². The molecule has 8 heteroatoms. The van der Waals surface area contributed by atoms with E-state index in [0.717, 1.165) is 12.0 Å². The van der Waals surface area contributed by atoms with Crippen LogP contribution < -0.4 is 10.1 Å². The van der Waals surface area contributed by atoms with Crippen LogP contribution >= 0.6 is 23.2 Å². The Kier molecular flexibility index (Phi) is 10.1. The summed E-state index contributed by atoms with van der Waals surface area (Å²) in [6, 6.07) is 19.4. The first-order valence-electron chi connectivity index (χ1n) is 11.7. The molecule has 0 aliphatic rings. The zero-order valence-electron chi connectivity index (χ0n) is 20.2. The normalized spacial score (nSPS) is 12.5. The molecule has 36 heavy (non-hydrogen) atoms. The smallest absolute Gasteiger partial charge is 0.261 e. The summed E-state index contributed by atoms with van der Waals surface area (Å²) in [7, 11) is 0. The van der Waals surface area contributed by atoms with Crippen molar-refractivity contribution in [2.24, 2.45) is 0 Å². The van der Waals surface area contributed by atoms with Gasteiger partial charge >= 0.3 is 0 Å². The molecule has 0 unspecified atom stereocenters. The fourth-order valence-electron chi connectivity index (χ4n) is 3.61. The first kappa shape index (κ1) is 27.5. The lowest BCUT2D eigenvalue weighted by Crippen LogP contribution is -2.53. The predicted molar refractivity (Wildman–Crippen MR) is 141 cm³/mol. The number of hydrogen-bond acceptors (Lipinski definition) is 3. The number of carbonyl (C=O) groups excluding carboxylic acids is 2. The van der Waals surface area contributed by atoms with E-state index >= 15 is 0 Å². The van der Waals surface area contributed by atoms with E-state index < -0.39 is 24.4 Å². The summed E-state index contributed by atoms with van der Waals surface area (Å²) < 4.78 is 19.6. The summed E-state index contributed by atoms with van der Waals surface area (Å²) in [5, 5.41) is 3.72. The van der Waals surface area contributed by atoms with Gasteiger partial charge in [0.2, 0.25) is 5.91 Å². The van der Waals surface area contributed by atoms with Crippen LogP contribution in [0.5, 0.6) is 5.75 Å². The van der Waals surface area contributed by atoms with Crippen LogP contribution in [0, 0.1) is 5.82 Å². The third-order valence-electron chi connectivity index (χ3n) is 5.80. The highest BCUT2D eigenvalue weighted by Gasteiger charge is 2.31. The monoisotopic (exact) mass is 530 g/mol. The van der Waals surface area contributed by atoms with Gasteiger partial charge in [0.1, 0.15) is 6.04 Å². The molecule has 190 valence electrons. The van der Waals surface area contributed by atoms with Crippen molar-refractivity contribution in [1.29, 1.82) is 0 Å². The molecule has 0 heterocycles. The molecular formula is C28H29Cl2FN2O3. The van der Waals surface area contributed by atoms with Gasteiger partial charge in [-0.1, -0.05) is 78.7 Å². The van der Waals surface area contributed by atoms with Gasteiger partial charge in [0.15, 0.2) is 18.2 Å². The minimum atomic E-state index is -0.840. The van der Waals surface area contributed by atoms with Gasteiger partial charge in [-0.3, -0.25) is 9.59 Å². The average Bonchev–Trinajstić information content (AvgIpc) is 2.88. The lowest BCUT2D eigenvalue weighted by molar-refractivity contribution is -0.143. The Labute approximate surface area is 221 Å². The van der Waals surface area contributed by atoms with Crippen molar-refractivity contribution in [1.82, 2.24) is 10.2 Å². The van der Waals surface area contributed by atoms with Gasteiger partial charge in [0, 0.05) is 19.0 Å². The predicted octanol–water partition coefficient (Wildman–Crippen LogP) is 6.07. The maximum atomic E-state index is 14.1. The van der Waals surface area contributed by atoms with Gasteiger partial charge < -0.3 is 15.0 Å². The Morgan fingerprint density at radius 1 is 0.972 bits per heavy atom. The van der Waals surface area contributed by atoms with Crippen LogP contribution in [0.3, 0.4) is 0 Å². The molecule has 0 radical (unpaired) electrons. The standard InChI is InChI=1S/C28H29Cl2FN2O3/c1-3-19(2)32-28(35)25(16-20-9-5-4-6-10-20)33(17-21-13-14-22(29)23(30)15-21)27(34)18-36-26-12-8-7-11-24(26)31/h4-15,19,25H,3,16-18H2,1-2H3,(H,32,35)/t19-,25+/m1/s1. The molecule has 2 atom stereocenters. The molecular weight excluding hydrogens is 502 g/mol. The Morgan fingerprint density at radius 2 is 1.67 bits per heavy atom. The maximum Gasteiger partial charge on any atom is 0.261 e. The number of para-hydroxylation sites is 1. The van der Waals surface area contributed by atoms with Crippen LogP contribution in [-0.2, 0) is 22.6 Å². The molecule has 0 aliphatic heterocycles. The number of hydrogen-bond donors (Lipinski definition) is 1. The maximum absolute atomic E-state index is 14.1. The molecule has 3 aromatic rings. The Balaban J connectivity index is 1.94. The van der Waals surface area contributed by atoms with Crippen molar-refractivity contribution in [3.63, 3.8) is 0 Å². The van der Waals surface area contributed by atoms with Crippen LogP contribution in [0.25, 0.3) is 0 Å². The Bertz CT molecular complexity index is 1180. The van der Waals surface area contributed by atoms with E-state index in [4.69, 9.17) is 27.9 Å². The second kappa shape index (κ2) is 13.3. The van der Waals surface area contributed by atoms with Gasteiger partial charge in [0.05, 0.1) is 10.0 Å². The van der Waals surface area contributed by atoms with Crippen LogP contribution in [0.4, 0.5) is 4.39 Å². The molecule has 2 amide bonds. The number of benzene rings is 3. The first-order valence-corrected chi connectivity index (χ1v) is 12.5. The van der Waals surface area contributed by atoms with Gasteiger partial charge in [-0.2, -0.15) is 0 Å². The van der Waals surface area contributed by atoms with Crippen LogP contribution in [-0.4, -0.2) is 35.4 Å². The molecule has 0 bridgehead atoms. The molecule has 5 nitrogen and oxygen atoms in total. The number of ether oxygens (including phenoxy) is 1. The highest BCUT2D eigenvalue weighted by molar-refractivity contribution is 6.42. The van der Waals surface area contributed by atoms with E-state index in [1.54, 1.807) is 24.3 Å². The topological polar surface area (TPSA) is 58.6 Å². The van der Waals surface area contributed by atoms with E-state index in [-0.39, 0.29) is 30.7 Å². The summed E-state index contributed by atoms with van der Waals surface area (Å²) in [4.78, 5) is 28.4. The van der Waals surface area contributed by atoms with E-state index in [9.17, 15) is 14.0 Å². The SMILES string of the molecule is CC[C@@H](C)NC(=O)[C@H](Cc1ccccc1)N(Cc1ccc(Cl)c(Cl)c1)C(=O)COc1ccccc1F. The van der Waals surface area contributed by atoms with Gasteiger partial charge in [0.25, 0.3) is 5.91 Å². The number of nitrogens with zero attached hydrogens (tertiary/aromatic N) is 1. The van der Waals surface area contributed by atoms with Crippen molar-refractivity contribution >= 4 is 35.0 Å². The molecule has 0 aliphatic carbocycles. The van der Waals surface area contributed by atoms with Crippen molar-refractivity contribution < 1.29 is 18.7 Å². The molecule has 3 rings (SSSR count). The molecule has 0 spiro atoms. The summed E-state index contributed by atoms with van der Waals surface area (Å²) >= 11 is 12.3. The minimum Gasteiger partial charge on any atom is -0.481 e. The van der Waals surface area contributed by atoms with Crippen LogP contribution in [0.2, 0.25) is 10.0 Å². The lowest BCUT2D eigenvalue weighted by atomic mass is 10.0. The molecule has 3 aromatic carbocycles. The number of amides is 2. The highest BCUT2D eigenvalue weighted by atomic mass is 35.5. The highest BCUT2D eigenvalue weighted by Crippen LogP contribution is 2.24. The molecule has 0 saturated heterocycles. The summed E-state index contributed by atoms with van der Waals surface area (Å²) in [5.41, 5.74) is 1.59. The van der Waals surface area contributed by atoms with Gasteiger partial charge in [-0.25, -0.2) is 4.39 Å². The van der Waals surface area contributed by atoms with Crippen LogP contribution in [0.15, 0.2) is 72.8 Å². The van der Waals surface area contributed by atoms with Crippen LogP contribution in [0.1, 0.15) is 31.4 Å². The zero-order chi connectivity index (χ0) is 26.1. The van der Waals surface area contributed by atoms with E-state index in [1.165, 1.54) is 23.1 Å². The van der Waals surface area contributed by atoms with Gasteiger partial charge in [-0.15, -0.1) is 0 Å².